The molecule has 0 N–H and O–H groups in total. The van der Waals surface area contributed by atoms with Crippen molar-refractivity contribution in [1.82, 2.24) is 0 Å². The average Bonchev–Trinajstić information content (AvgIpc) is 2.82. The third-order valence-corrected chi connectivity index (χ3v) is 16.6. The van der Waals surface area contributed by atoms with Crippen molar-refractivity contribution < 1.29 is 23.1 Å². The number of carbonyl (C=O) groups excluding carboxylic acids is 1. The van der Waals surface area contributed by atoms with Gasteiger partial charge in [0, 0.05) is 12.3 Å². The second-order valence-electron chi connectivity index (χ2n) is 12.9. The molecule has 2 atom stereocenters. The first-order chi connectivity index (χ1) is 18.3. The van der Waals surface area contributed by atoms with Crippen LogP contribution in [0, 0.1) is 42.9 Å². The monoisotopic (exact) mass is 580 g/mol. The zero-order chi connectivity index (χ0) is 30.9. The molecule has 1 aromatic rings. The van der Waals surface area contributed by atoms with Crippen molar-refractivity contribution in [2.24, 2.45) is 0 Å². The summed E-state index contributed by atoms with van der Waals surface area (Å²) < 4.78 is 23.7. The van der Waals surface area contributed by atoms with E-state index in [2.05, 4.69) is 104 Å². The molecule has 40 heavy (non-hydrogen) atoms. The Balaban J connectivity index is 3.11. The van der Waals surface area contributed by atoms with Crippen LogP contribution in [0.1, 0.15) is 58.2 Å². The summed E-state index contributed by atoms with van der Waals surface area (Å²) >= 11 is 0. The van der Waals surface area contributed by atoms with E-state index in [0.29, 0.717) is 17.7 Å². The van der Waals surface area contributed by atoms with Crippen LogP contribution in [0.15, 0.2) is 24.8 Å². The van der Waals surface area contributed by atoms with Gasteiger partial charge in [0.05, 0.1) is 12.7 Å². The second-order valence-corrected chi connectivity index (χ2v) is 22.4. The summed E-state index contributed by atoms with van der Waals surface area (Å²) in [4.78, 5) is 12.3. The predicted molar refractivity (Wildman–Crippen MR) is 170 cm³/mol. The molecule has 0 amide bonds. The minimum atomic E-state index is -2.17. The van der Waals surface area contributed by atoms with Crippen LogP contribution in [0.5, 0.6) is 5.75 Å². The van der Waals surface area contributed by atoms with E-state index < -0.39 is 34.8 Å². The molecular weight excluding hydrogens is 533 g/mol. The molecule has 1 aromatic carbocycles. The van der Waals surface area contributed by atoms with E-state index >= 15 is 0 Å². The highest BCUT2D eigenvalue weighted by Crippen LogP contribution is 2.38. The summed E-state index contributed by atoms with van der Waals surface area (Å²) in [7, 11) is -2.62. The molecule has 0 bridgehead atoms. The van der Waals surface area contributed by atoms with E-state index in [9.17, 15) is 4.79 Å². The molecule has 1 rings (SSSR count). The molecule has 0 aliphatic heterocycles. The van der Waals surface area contributed by atoms with Crippen molar-refractivity contribution >= 4 is 22.6 Å². The SMILES string of the molecule is C#Cc1c(CC(C#CCOC(=O)C#CC(C=C)O[Si](C)(C)C(C)(C)C)O[Si](C)(C)C(C)(C)C)cc(C)cc1OC. The van der Waals surface area contributed by atoms with E-state index in [1.165, 1.54) is 0 Å². The molecule has 2 unspecified atom stereocenters. The largest absolute Gasteiger partial charge is 0.495 e. The third-order valence-electron chi connectivity index (χ3n) is 7.64. The quantitative estimate of drug-likeness (QED) is 0.103. The summed E-state index contributed by atoms with van der Waals surface area (Å²) in [5.74, 6) is 14.2. The van der Waals surface area contributed by atoms with Gasteiger partial charge in [-0.05, 0) is 60.4 Å². The van der Waals surface area contributed by atoms with Crippen molar-refractivity contribution in [3.63, 3.8) is 0 Å². The normalized spacial score (nSPS) is 13.5. The Bertz CT molecular complexity index is 1220. The fourth-order valence-corrected chi connectivity index (χ4v) is 5.57. The summed E-state index contributed by atoms with van der Waals surface area (Å²) in [6.07, 6.45) is 6.94. The summed E-state index contributed by atoms with van der Waals surface area (Å²) in [6.45, 7) is 27.3. The molecule has 0 aromatic heterocycles. The lowest BCUT2D eigenvalue weighted by atomic mass is 9.98. The van der Waals surface area contributed by atoms with E-state index in [0.717, 1.165) is 11.1 Å². The number of rotatable bonds is 9. The van der Waals surface area contributed by atoms with Crippen LogP contribution in [0.4, 0.5) is 0 Å². The smallest absolute Gasteiger partial charge is 0.385 e. The van der Waals surface area contributed by atoms with Gasteiger partial charge < -0.3 is 18.3 Å². The van der Waals surface area contributed by atoms with Gasteiger partial charge in [0.15, 0.2) is 23.2 Å². The molecule has 218 valence electrons. The molecule has 0 fully saturated rings. The molecule has 0 saturated carbocycles. The van der Waals surface area contributed by atoms with Crippen LogP contribution in [0.25, 0.3) is 0 Å². The van der Waals surface area contributed by atoms with Crippen LogP contribution < -0.4 is 4.74 Å². The molecule has 0 spiro atoms. The second kappa shape index (κ2) is 14.2. The molecule has 0 aliphatic rings. The Morgan fingerprint density at radius 1 is 1.02 bits per heavy atom. The number of esters is 1. The van der Waals surface area contributed by atoms with Crippen LogP contribution >= 0.6 is 0 Å². The maximum atomic E-state index is 12.3. The van der Waals surface area contributed by atoms with E-state index in [1.807, 2.05) is 19.1 Å². The molecule has 0 radical (unpaired) electrons. The topological polar surface area (TPSA) is 54.0 Å². The average molecular weight is 581 g/mol. The predicted octanol–water partition coefficient (Wildman–Crippen LogP) is 7.04. The minimum absolute atomic E-state index is 0.0115. The first kappa shape index (κ1) is 35.3. The summed E-state index contributed by atoms with van der Waals surface area (Å²) in [5, 5.41) is 0.00201. The lowest BCUT2D eigenvalue weighted by Crippen LogP contribution is -2.44. The highest BCUT2D eigenvalue weighted by atomic mass is 28.4. The highest BCUT2D eigenvalue weighted by Gasteiger charge is 2.39. The Morgan fingerprint density at radius 3 is 2.10 bits per heavy atom. The first-order valence-corrected chi connectivity index (χ1v) is 19.4. The summed E-state index contributed by atoms with van der Waals surface area (Å²) in [5.41, 5.74) is 2.65. The van der Waals surface area contributed by atoms with Gasteiger partial charge in [0.1, 0.15) is 18.0 Å². The van der Waals surface area contributed by atoms with Gasteiger partial charge in [-0.2, -0.15) is 0 Å². The molecule has 0 heterocycles. The maximum absolute atomic E-state index is 12.3. The number of hydrogen-bond donors (Lipinski definition) is 0. The zero-order valence-corrected chi connectivity index (χ0v) is 28.6. The van der Waals surface area contributed by atoms with Gasteiger partial charge in [-0.25, -0.2) is 4.79 Å². The number of carbonyl (C=O) groups is 1. The van der Waals surface area contributed by atoms with Crippen molar-refractivity contribution in [1.29, 1.82) is 0 Å². The fraction of sp³-hybridized carbons (Fsp3) is 0.545. The number of methoxy groups -OCH3 is 1. The van der Waals surface area contributed by atoms with Gasteiger partial charge in [0.2, 0.25) is 0 Å². The highest BCUT2D eigenvalue weighted by molar-refractivity contribution is 6.74. The molecule has 7 heteroatoms. The third kappa shape index (κ3) is 10.3. The van der Waals surface area contributed by atoms with Gasteiger partial charge in [-0.1, -0.05) is 83.9 Å². The molecule has 5 nitrogen and oxygen atoms in total. The van der Waals surface area contributed by atoms with Crippen LogP contribution in [0.3, 0.4) is 0 Å². The number of benzene rings is 1. The number of aryl methyl sites for hydroxylation is 1. The first-order valence-electron chi connectivity index (χ1n) is 13.6. The summed E-state index contributed by atoms with van der Waals surface area (Å²) in [6, 6.07) is 3.96. The van der Waals surface area contributed by atoms with E-state index in [-0.39, 0.29) is 16.7 Å². The Labute approximate surface area is 245 Å². The lowest BCUT2D eigenvalue weighted by Gasteiger charge is -2.38. The Hall–Kier alpha value is -2.74. The van der Waals surface area contributed by atoms with Gasteiger partial charge in [0.25, 0.3) is 0 Å². The van der Waals surface area contributed by atoms with Crippen LogP contribution in [0.2, 0.25) is 36.3 Å². The lowest BCUT2D eigenvalue weighted by molar-refractivity contribution is -0.135. The Kier molecular flexibility index (Phi) is 12.6. The van der Waals surface area contributed by atoms with E-state index in [4.69, 9.17) is 24.7 Å². The standard InChI is InChI=1S/C33H48O5Si2/c1-15-27(37-39(11,12)32(4,5)6)19-20-31(34)36-21-17-18-28(38-40(13,14)33(7,8)9)24-26-22-25(3)23-30(35-10)29(26)16-2/h2,15,22-23,27-28H,1,21,24H2,3-14H3. The van der Waals surface area contributed by atoms with Crippen molar-refractivity contribution in [2.45, 2.75) is 103 Å². The van der Waals surface area contributed by atoms with Crippen molar-refractivity contribution in [3.8, 4) is 41.8 Å². The van der Waals surface area contributed by atoms with Gasteiger partial charge >= 0.3 is 5.97 Å². The zero-order valence-electron chi connectivity index (χ0n) is 26.6. The fourth-order valence-electron chi connectivity index (χ4n) is 3.22. The molecule has 0 aliphatic carbocycles. The van der Waals surface area contributed by atoms with Crippen LogP contribution in [-0.2, 0) is 24.8 Å². The van der Waals surface area contributed by atoms with Crippen molar-refractivity contribution in [2.75, 3.05) is 13.7 Å². The Morgan fingerprint density at radius 2 is 1.60 bits per heavy atom. The number of hydrogen-bond acceptors (Lipinski definition) is 5. The minimum Gasteiger partial charge on any atom is -0.495 e. The van der Waals surface area contributed by atoms with E-state index in [1.54, 1.807) is 13.2 Å². The number of ether oxygens (including phenoxy) is 2. The molecule has 0 saturated heterocycles. The van der Waals surface area contributed by atoms with Gasteiger partial charge in [-0.15, -0.1) is 6.42 Å². The van der Waals surface area contributed by atoms with Crippen LogP contribution in [-0.4, -0.2) is 48.5 Å². The van der Waals surface area contributed by atoms with Crippen molar-refractivity contribution in [3.05, 3.63) is 41.5 Å². The maximum Gasteiger partial charge on any atom is 0.385 e. The molecular formula is C33H48O5Si2. The van der Waals surface area contributed by atoms with Gasteiger partial charge in [-0.3, -0.25) is 0 Å². The number of terminal acetylenes is 1.